The number of nitrogens with two attached hydrogens (primary N) is 1. The summed E-state index contributed by atoms with van der Waals surface area (Å²) in [5.41, 5.74) is 6.77. The van der Waals surface area contributed by atoms with Gasteiger partial charge in [0.15, 0.2) is 0 Å². The monoisotopic (exact) mass is 342 g/mol. The number of nitrogen functional groups attached to an aromatic ring is 1. The van der Waals surface area contributed by atoms with Gasteiger partial charge in [0, 0.05) is 17.7 Å². The molecule has 1 heterocycles. The molecule has 0 aromatic carbocycles. The molecule has 8 nitrogen and oxygen atoms in total. The number of nitrogens with zero attached hydrogens (tertiary/aromatic N) is 3. The van der Waals surface area contributed by atoms with Gasteiger partial charge in [0.2, 0.25) is 5.95 Å². The lowest BCUT2D eigenvalue weighted by Gasteiger charge is -2.30. The molecule has 0 unspecified atom stereocenters. The van der Waals surface area contributed by atoms with Crippen LogP contribution in [0.25, 0.3) is 6.08 Å². The zero-order chi connectivity index (χ0) is 17.5. The molecule has 1 aliphatic rings. The summed E-state index contributed by atoms with van der Waals surface area (Å²) in [7, 11) is -3.88. The first kappa shape index (κ1) is 17.5. The Labute approximate surface area is 135 Å². The van der Waals surface area contributed by atoms with Gasteiger partial charge in [-0.3, -0.25) is 0 Å². The zero-order valence-corrected chi connectivity index (χ0v) is 14.5. The van der Waals surface area contributed by atoms with Crippen molar-refractivity contribution < 1.29 is 18.3 Å². The average Bonchev–Trinajstić information content (AvgIpc) is 2.72. The van der Waals surface area contributed by atoms with Crippen LogP contribution in [-0.2, 0) is 21.4 Å². The molecule has 0 spiro atoms. The highest BCUT2D eigenvalue weighted by Crippen LogP contribution is 2.29. The second-order valence-electron chi connectivity index (χ2n) is 6.07. The van der Waals surface area contributed by atoms with Crippen molar-refractivity contribution in [2.45, 2.75) is 52.6 Å². The van der Waals surface area contributed by atoms with Crippen molar-refractivity contribution in [2.75, 3.05) is 5.73 Å². The van der Waals surface area contributed by atoms with E-state index >= 15 is 0 Å². The smallest absolute Gasteiger partial charge is 0.331 e. The number of aromatic nitrogens is 2. The van der Waals surface area contributed by atoms with Gasteiger partial charge in [-0.05, 0) is 46.6 Å². The largest absolute Gasteiger partial charge is 0.478 e. The summed E-state index contributed by atoms with van der Waals surface area (Å²) in [5.74, 6) is -1.18. The maximum absolute atomic E-state index is 13.0. The summed E-state index contributed by atoms with van der Waals surface area (Å²) in [6.45, 7) is 7.16. The number of carbonyl (C=O) groups is 1. The predicted molar refractivity (Wildman–Crippen MR) is 87.0 cm³/mol. The summed E-state index contributed by atoms with van der Waals surface area (Å²) in [4.78, 5) is 15.1. The first-order chi connectivity index (χ1) is 10.6. The first-order valence-corrected chi connectivity index (χ1v) is 8.82. The molecule has 2 rings (SSSR count). The second-order valence-corrected chi connectivity index (χ2v) is 7.75. The SMILES string of the molecule is CC(C)N(C(C)C)S(=O)(=O)n1c(N)nc2c1CCC(C(=O)O)=C2. The fourth-order valence-corrected chi connectivity index (χ4v) is 4.96. The van der Waals surface area contributed by atoms with Crippen LogP contribution in [0, 0.1) is 0 Å². The number of hydrogen-bond donors (Lipinski definition) is 2. The number of hydrogen-bond acceptors (Lipinski definition) is 5. The fourth-order valence-electron chi connectivity index (χ4n) is 2.96. The highest BCUT2D eigenvalue weighted by molar-refractivity contribution is 7.87. The van der Waals surface area contributed by atoms with E-state index in [1.54, 1.807) is 27.7 Å². The Morgan fingerprint density at radius 2 is 1.87 bits per heavy atom. The molecule has 3 N–H and O–H groups in total. The van der Waals surface area contributed by atoms with E-state index in [1.807, 2.05) is 0 Å². The summed E-state index contributed by atoms with van der Waals surface area (Å²) in [5, 5.41) is 9.07. The number of fused-ring (bicyclic) bond motifs is 1. The molecule has 0 saturated carbocycles. The van der Waals surface area contributed by atoms with Crippen molar-refractivity contribution in [2.24, 2.45) is 0 Å². The minimum atomic E-state index is -3.88. The zero-order valence-electron chi connectivity index (χ0n) is 13.6. The van der Waals surface area contributed by atoms with Crippen molar-refractivity contribution in [1.82, 2.24) is 13.3 Å². The van der Waals surface area contributed by atoms with E-state index in [9.17, 15) is 13.2 Å². The van der Waals surface area contributed by atoms with Gasteiger partial charge >= 0.3 is 16.2 Å². The minimum absolute atomic E-state index is 0.149. The molecule has 1 aliphatic carbocycles. The number of imidazole rings is 1. The average molecular weight is 342 g/mol. The molecule has 0 saturated heterocycles. The highest BCUT2D eigenvalue weighted by Gasteiger charge is 2.35. The molecule has 128 valence electrons. The van der Waals surface area contributed by atoms with Gasteiger partial charge in [0.05, 0.1) is 11.4 Å². The van der Waals surface area contributed by atoms with Gasteiger partial charge in [-0.25, -0.2) is 9.78 Å². The Kier molecular flexibility index (Phi) is 4.54. The quantitative estimate of drug-likeness (QED) is 0.827. The number of rotatable bonds is 5. The lowest BCUT2D eigenvalue weighted by Crippen LogP contribution is -2.45. The molecule has 0 bridgehead atoms. The molecule has 0 radical (unpaired) electrons. The van der Waals surface area contributed by atoms with Crippen LogP contribution >= 0.6 is 0 Å². The van der Waals surface area contributed by atoms with Crippen LogP contribution in [0.15, 0.2) is 5.57 Å². The maximum Gasteiger partial charge on any atom is 0.331 e. The van der Waals surface area contributed by atoms with E-state index in [0.29, 0.717) is 11.4 Å². The molecule has 1 aromatic heterocycles. The van der Waals surface area contributed by atoms with E-state index in [0.717, 1.165) is 3.97 Å². The van der Waals surface area contributed by atoms with Crippen LogP contribution in [0.5, 0.6) is 0 Å². The van der Waals surface area contributed by atoms with E-state index < -0.39 is 16.2 Å². The molecular weight excluding hydrogens is 320 g/mol. The highest BCUT2D eigenvalue weighted by atomic mass is 32.2. The van der Waals surface area contributed by atoms with Crippen LogP contribution in [-0.4, -0.2) is 44.8 Å². The third kappa shape index (κ3) is 2.98. The Morgan fingerprint density at radius 1 is 1.30 bits per heavy atom. The van der Waals surface area contributed by atoms with Crippen molar-refractivity contribution in [3.63, 3.8) is 0 Å². The maximum atomic E-state index is 13.0. The van der Waals surface area contributed by atoms with Gasteiger partial charge in [-0.15, -0.1) is 0 Å². The normalized spacial score (nSPS) is 15.2. The Morgan fingerprint density at radius 3 is 2.35 bits per heavy atom. The van der Waals surface area contributed by atoms with Crippen molar-refractivity contribution in [3.05, 3.63) is 17.0 Å². The Balaban J connectivity index is 2.61. The molecule has 0 aliphatic heterocycles. The van der Waals surface area contributed by atoms with Crippen molar-refractivity contribution in [1.29, 1.82) is 0 Å². The first-order valence-electron chi connectivity index (χ1n) is 7.42. The third-order valence-corrected chi connectivity index (χ3v) is 5.96. The number of anilines is 1. The Bertz CT molecular complexity index is 754. The molecule has 0 amide bonds. The van der Waals surface area contributed by atoms with Gasteiger partial charge in [0.1, 0.15) is 0 Å². The summed E-state index contributed by atoms with van der Waals surface area (Å²) in [6, 6.07) is -0.489. The molecule has 23 heavy (non-hydrogen) atoms. The van der Waals surface area contributed by atoms with Crippen LogP contribution in [0.3, 0.4) is 0 Å². The number of carboxylic acid groups (broad SMARTS) is 1. The van der Waals surface area contributed by atoms with Gasteiger partial charge in [-0.1, -0.05) is 0 Å². The predicted octanol–water partition coefficient (Wildman–Crippen LogP) is 1.09. The second kappa shape index (κ2) is 5.97. The van der Waals surface area contributed by atoms with Crippen LogP contribution < -0.4 is 5.73 Å². The molecule has 9 heteroatoms. The van der Waals surface area contributed by atoms with Crippen molar-refractivity contribution >= 4 is 28.2 Å². The summed E-state index contributed by atoms with van der Waals surface area (Å²) in [6.07, 6.45) is 1.89. The van der Waals surface area contributed by atoms with Crippen LogP contribution in [0.4, 0.5) is 5.95 Å². The summed E-state index contributed by atoms with van der Waals surface area (Å²) >= 11 is 0. The summed E-state index contributed by atoms with van der Waals surface area (Å²) < 4.78 is 28.4. The van der Waals surface area contributed by atoms with Crippen LogP contribution in [0.2, 0.25) is 0 Å². The van der Waals surface area contributed by atoms with Gasteiger partial charge < -0.3 is 10.8 Å². The fraction of sp³-hybridized carbons (Fsp3) is 0.571. The van der Waals surface area contributed by atoms with E-state index in [2.05, 4.69) is 4.98 Å². The number of aliphatic carboxylic acids is 1. The van der Waals surface area contributed by atoms with Gasteiger partial charge in [0.25, 0.3) is 0 Å². The van der Waals surface area contributed by atoms with E-state index in [4.69, 9.17) is 10.8 Å². The lowest BCUT2D eigenvalue weighted by atomic mass is 10.0. The van der Waals surface area contributed by atoms with Gasteiger partial charge in [-0.2, -0.15) is 16.7 Å². The molecule has 1 aromatic rings. The lowest BCUT2D eigenvalue weighted by molar-refractivity contribution is -0.132. The number of carboxylic acids is 1. The van der Waals surface area contributed by atoms with Crippen molar-refractivity contribution in [3.8, 4) is 0 Å². The standard InChI is InChI=1S/C14H22N4O4S/c1-8(2)17(9(3)4)23(21,22)18-12-6-5-10(13(19)20)7-11(12)16-14(18)15/h7-9H,5-6H2,1-4H3,(H2,15,16)(H,19,20). The topological polar surface area (TPSA) is 119 Å². The molecule has 0 fully saturated rings. The van der Waals surface area contributed by atoms with Crippen LogP contribution in [0.1, 0.15) is 45.5 Å². The minimum Gasteiger partial charge on any atom is -0.478 e. The third-order valence-electron chi connectivity index (χ3n) is 3.72. The van der Waals surface area contributed by atoms with E-state index in [1.165, 1.54) is 10.4 Å². The Hall–Kier alpha value is -1.87. The molecule has 0 atom stereocenters. The van der Waals surface area contributed by atoms with E-state index in [-0.39, 0.29) is 36.4 Å². The molecular formula is C14H22N4O4S.